The molecular weight excluding hydrogens is 344 g/mol. The molecule has 0 aliphatic rings. The van der Waals surface area contributed by atoms with Crippen molar-refractivity contribution in [3.8, 4) is 0 Å². The second-order valence-electron chi connectivity index (χ2n) is 5.36. The highest BCUT2D eigenvalue weighted by Gasteiger charge is 2.16. The van der Waals surface area contributed by atoms with Gasteiger partial charge in [-0.3, -0.25) is 13.8 Å². The van der Waals surface area contributed by atoms with Crippen LogP contribution in [-0.4, -0.2) is 27.3 Å². The first-order chi connectivity index (χ1) is 11.5. The first-order valence-corrected chi connectivity index (χ1v) is 9.59. The van der Waals surface area contributed by atoms with Gasteiger partial charge in [-0.1, -0.05) is 0 Å². The SMILES string of the molecule is CS(=O)c1ccc(C(=O)c2cc(CC(=O)O)cc3ccsc23)cc1. The Morgan fingerprint density at radius 1 is 1.12 bits per heavy atom. The predicted molar refractivity (Wildman–Crippen MR) is 95.4 cm³/mol. The Bertz CT molecular complexity index is 955. The summed E-state index contributed by atoms with van der Waals surface area (Å²) in [5.41, 5.74) is 1.60. The zero-order valence-corrected chi connectivity index (χ0v) is 14.4. The molecule has 24 heavy (non-hydrogen) atoms. The number of thiophene rings is 1. The van der Waals surface area contributed by atoms with E-state index in [1.54, 1.807) is 42.7 Å². The highest BCUT2D eigenvalue weighted by atomic mass is 32.2. The van der Waals surface area contributed by atoms with Gasteiger partial charge in [-0.15, -0.1) is 11.3 Å². The molecule has 0 bridgehead atoms. The molecule has 0 aliphatic carbocycles. The standard InChI is InChI=1S/C18H14O4S2/c1-24(22)14-4-2-12(3-5-14)17(21)15-9-11(10-16(19)20)8-13-6-7-23-18(13)15/h2-9H,10H2,1H3,(H,19,20). The van der Waals surface area contributed by atoms with E-state index in [-0.39, 0.29) is 12.2 Å². The van der Waals surface area contributed by atoms with Crippen molar-refractivity contribution in [2.45, 2.75) is 11.3 Å². The summed E-state index contributed by atoms with van der Waals surface area (Å²) in [6.07, 6.45) is 1.46. The summed E-state index contributed by atoms with van der Waals surface area (Å²) in [7, 11) is -1.10. The third kappa shape index (κ3) is 3.29. The van der Waals surface area contributed by atoms with Gasteiger partial charge in [0.25, 0.3) is 0 Å². The number of aliphatic carboxylic acids is 1. The van der Waals surface area contributed by atoms with Crippen molar-refractivity contribution in [1.29, 1.82) is 0 Å². The van der Waals surface area contributed by atoms with Crippen LogP contribution in [0.25, 0.3) is 10.1 Å². The minimum Gasteiger partial charge on any atom is -0.481 e. The van der Waals surface area contributed by atoms with Gasteiger partial charge in [-0.25, -0.2) is 0 Å². The van der Waals surface area contributed by atoms with Crippen molar-refractivity contribution >= 4 is 44.0 Å². The number of hydrogen-bond acceptors (Lipinski definition) is 4. The fourth-order valence-electron chi connectivity index (χ4n) is 2.54. The fraction of sp³-hybridized carbons (Fsp3) is 0.111. The summed E-state index contributed by atoms with van der Waals surface area (Å²) in [6.45, 7) is 0. The highest BCUT2D eigenvalue weighted by Crippen LogP contribution is 2.29. The van der Waals surface area contributed by atoms with Crippen LogP contribution in [0.3, 0.4) is 0 Å². The monoisotopic (exact) mass is 358 g/mol. The molecule has 0 amide bonds. The van der Waals surface area contributed by atoms with Crippen molar-refractivity contribution in [1.82, 2.24) is 0 Å². The van der Waals surface area contributed by atoms with Crippen LogP contribution in [0.2, 0.25) is 0 Å². The molecule has 0 fully saturated rings. The molecule has 0 saturated heterocycles. The van der Waals surface area contributed by atoms with Crippen molar-refractivity contribution in [3.05, 3.63) is 64.5 Å². The summed E-state index contributed by atoms with van der Waals surface area (Å²) in [4.78, 5) is 24.5. The van der Waals surface area contributed by atoms with Crippen molar-refractivity contribution in [2.75, 3.05) is 6.26 Å². The average Bonchev–Trinajstić information content (AvgIpc) is 3.01. The minimum absolute atomic E-state index is 0.125. The number of carbonyl (C=O) groups is 2. The zero-order chi connectivity index (χ0) is 17.3. The minimum atomic E-state index is -1.10. The van der Waals surface area contributed by atoms with Crippen LogP contribution in [0.4, 0.5) is 0 Å². The molecular formula is C18H14O4S2. The predicted octanol–water partition coefficient (Wildman–Crippen LogP) is 3.50. The first kappa shape index (κ1) is 16.5. The van der Waals surface area contributed by atoms with Gasteiger partial charge < -0.3 is 5.11 Å². The number of ketones is 1. The number of carboxylic acid groups (broad SMARTS) is 1. The molecule has 0 radical (unpaired) electrons. The van der Waals surface area contributed by atoms with E-state index < -0.39 is 16.8 Å². The number of rotatable bonds is 5. The maximum Gasteiger partial charge on any atom is 0.307 e. The van der Waals surface area contributed by atoms with E-state index in [2.05, 4.69) is 0 Å². The third-order valence-electron chi connectivity index (χ3n) is 3.66. The molecule has 0 saturated carbocycles. The lowest BCUT2D eigenvalue weighted by Crippen LogP contribution is -2.05. The summed E-state index contributed by atoms with van der Waals surface area (Å²) >= 11 is 1.46. The second-order valence-corrected chi connectivity index (χ2v) is 7.66. The van der Waals surface area contributed by atoms with Gasteiger partial charge in [0.1, 0.15) is 0 Å². The van der Waals surface area contributed by atoms with E-state index in [0.717, 1.165) is 10.1 Å². The molecule has 0 aliphatic heterocycles. The summed E-state index contributed by atoms with van der Waals surface area (Å²) < 4.78 is 12.3. The molecule has 2 aromatic carbocycles. The van der Waals surface area contributed by atoms with Crippen LogP contribution < -0.4 is 0 Å². The smallest absolute Gasteiger partial charge is 0.307 e. The largest absolute Gasteiger partial charge is 0.481 e. The van der Waals surface area contributed by atoms with E-state index in [9.17, 15) is 13.8 Å². The molecule has 0 spiro atoms. The molecule has 1 aromatic heterocycles. The summed E-state index contributed by atoms with van der Waals surface area (Å²) in [5, 5.41) is 11.8. The Balaban J connectivity index is 2.06. The fourth-order valence-corrected chi connectivity index (χ4v) is 3.95. The van der Waals surface area contributed by atoms with E-state index >= 15 is 0 Å². The molecule has 1 atom stereocenters. The average molecular weight is 358 g/mol. The van der Waals surface area contributed by atoms with Crippen LogP contribution in [0.15, 0.2) is 52.7 Å². The van der Waals surface area contributed by atoms with E-state index in [4.69, 9.17) is 5.11 Å². The van der Waals surface area contributed by atoms with Gasteiger partial charge in [0, 0.05) is 37.8 Å². The topological polar surface area (TPSA) is 71.4 Å². The lowest BCUT2D eigenvalue weighted by Gasteiger charge is -2.07. The van der Waals surface area contributed by atoms with Gasteiger partial charge in [0.15, 0.2) is 5.78 Å². The molecule has 6 heteroatoms. The zero-order valence-electron chi connectivity index (χ0n) is 12.8. The molecule has 122 valence electrons. The number of benzene rings is 2. The van der Waals surface area contributed by atoms with Crippen LogP contribution in [0.5, 0.6) is 0 Å². The van der Waals surface area contributed by atoms with Crippen molar-refractivity contribution < 1.29 is 18.9 Å². The maximum atomic E-state index is 12.9. The van der Waals surface area contributed by atoms with Crippen LogP contribution in [-0.2, 0) is 22.0 Å². The van der Waals surface area contributed by atoms with Crippen LogP contribution >= 0.6 is 11.3 Å². The van der Waals surface area contributed by atoms with E-state index in [1.807, 2.05) is 11.4 Å². The van der Waals surface area contributed by atoms with Crippen molar-refractivity contribution in [2.24, 2.45) is 0 Å². The third-order valence-corrected chi connectivity index (χ3v) is 5.56. The Kier molecular flexibility index (Phi) is 4.59. The Labute approximate surface area is 145 Å². The Morgan fingerprint density at radius 3 is 2.46 bits per heavy atom. The molecule has 3 aromatic rings. The van der Waals surface area contributed by atoms with Gasteiger partial charge in [0.05, 0.1) is 6.42 Å². The quantitative estimate of drug-likeness (QED) is 0.709. The van der Waals surface area contributed by atoms with Gasteiger partial charge in [0.2, 0.25) is 0 Å². The van der Waals surface area contributed by atoms with Gasteiger partial charge in [-0.2, -0.15) is 0 Å². The maximum absolute atomic E-state index is 12.9. The molecule has 3 rings (SSSR count). The lowest BCUT2D eigenvalue weighted by atomic mass is 9.98. The molecule has 1 heterocycles. The van der Waals surface area contributed by atoms with Crippen LogP contribution in [0, 0.1) is 0 Å². The molecule has 4 nitrogen and oxygen atoms in total. The Morgan fingerprint density at radius 2 is 1.83 bits per heavy atom. The Hall–Kier alpha value is -2.31. The van der Waals surface area contributed by atoms with E-state index in [0.29, 0.717) is 21.6 Å². The second kappa shape index (κ2) is 6.67. The summed E-state index contributed by atoms with van der Waals surface area (Å²) in [6, 6.07) is 12.0. The normalized spacial score (nSPS) is 12.2. The summed E-state index contributed by atoms with van der Waals surface area (Å²) in [5.74, 6) is -1.10. The number of hydrogen-bond donors (Lipinski definition) is 1. The molecule has 1 unspecified atom stereocenters. The first-order valence-electron chi connectivity index (χ1n) is 7.16. The van der Waals surface area contributed by atoms with Crippen LogP contribution in [0.1, 0.15) is 21.5 Å². The lowest BCUT2D eigenvalue weighted by molar-refractivity contribution is -0.136. The van der Waals surface area contributed by atoms with E-state index in [1.165, 1.54) is 11.3 Å². The van der Waals surface area contributed by atoms with Gasteiger partial charge in [-0.05, 0) is 58.8 Å². The number of fused-ring (bicyclic) bond motifs is 1. The van der Waals surface area contributed by atoms with Gasteiger partial charge >= 0.3 is 5.97 Å². The number of carboxylic acids is 1. The van der Waals surface area contributed by atoms with Crippen molar-refractivity contribution in [3.63, 3.8) is 0 Å². The number of carbonyl (C=O) groups excluding carboxylic acids is 1. The molecule has 1 N–H and O–H groups in total. The highest BCUT2D eigenvalue weighted by molar-refractivity contribution is 7.84.